The van der Waals surface area contributed by atoms with Gasteiger partial charge in [-0.2, -0.15) is 26.3 Å². The Labute approximate surface area is 253 Å². The van der Waals surface area contributed by atoms with Crippen LogP contribution in [0.15, 0.2) is 71.2 Å². The highest BCUT2D eigenvalue weighted by Crippen LogP contribution is 2.47. The molecule has 0 spiro atoms. The van der Waals surface area contributed by atoms with Gasteiger partial charge in [0, 0.05) is 12.2 Å². The van der Waals surface area contributed by atoms with Crippen LogP contribution in [0, 0.1) is 0 Å². The number of thioether (sulfide) groups is 1. The van der Waals surface area contributed by atoms with Gasteiger partial charge < -0.3 is 13.9 Å². The Kier molecular flexibility index (Phi) is 10.9. The van der Waals surface area contributed by atoms with Crippen molar-refractivity contribution >= 4 is 23.5 Å². The van der Waals surface area contributed by atoms with Gasteiger partial charge >= 0.3 is 18.4 Å². The quantitative estimate of drug-likeness (QED) is 0.0905. The summed E-state index contributed by atoms with van der Waals surface area (Å²) < 4.78 is 102. The first kappa shape index (κ1) is 34.6. The molecule has 1 aromatic carbocycles. The van der Waals surface area contributed by atoms with Gasteiger partial charge in [0.05, 0.1) is 17.9 Å². The number of benzene rings is 1. The van der Waals surface area contributed by atoms with Gasteiger partial charge in [0.2, 0.25) is 5.60 Å². The van der Waals surface area contributed by atoms with Gasteiger partial charge in [-0.25, -0.2) is 9.78 Å². The molecule has 44 heavy (non-hydrogen) atoms. The number of aromatic nitrogens is 3. The van der Waals surface area contributed by atoms with Crippen LogP contribution in [-0.2, 0) is 27.9 Å². The monoisotopic (exact) mass is 644 g/mol. The van der Waals surface area contributed by atoms with Crippen molar-refractivity contribution in [2.24, 2.45) is 0 Å². The maximum Gasteiger partial charge on any atom is 0.426 e. The van der Waals surface area contributed by atoms with Crippen LogP contribution in [0.4, 0.5) is 36.8 Å². The Morgan fingerprint density at radius 2 is 1.73 bits per heavy atom. The molecule has 2 heterocycles. The molecule has 15 heteroatoms. The van der Waals surface area contributed by atoms with Crippen LogP contribution in [0.5, 0.6) is 0 Å². The number of ether oxygens (including phenoxy) is 2. The van der Waals surface area contributed by atoms with Crippen molar-refractivity contribution in [3.8, 4) is 11.6 Å². The number of nitrogens with one attached hydrogen (secondary N) is 1. The predicted molar refractivity (Wildman–Crippen MR) is 152 cm³/mol. The molecule has 3 rings (SSSR count). The summed E-state index contributed by atoms with van der Waals surface area (Å²) >= 11 is 0.721. The number of nitrogens with zero attached hydrogens (tertiary/aromatic N) is 3. The van der Waals surface area contributed by atoms with E-state index >= 15 is 0 Å². The summed E-state index contributed by atoms with van der Waals surface area (Å²) in [6.07, 6.45) is -9.21. The van der Waals surface area contributed by atoms with Crippen LogP contribution in [0.3, 0.4) is 0 Å². The standard InChI is InChI=1S/C29H30F6N4O4S/c1-6-8-15-44-23-19(28(30,31)32)16-20(36-25(40)43-26(3,4)5)21(37-23)22-38-39-24(42-22)27(14-7-2,29(33,34)35)41-17-18-12-10-9-11-13-18/h6-7,9-13,16H,1-2,8,14-15,17H2,3-5H3,(H,36,40). The average Bonchev–Trinajstić information content (AvgIpc) is 3.40. The second-order valence-corrected chi connectivity index (χ2v) is 11.4. The summed E-state index contributed by atoms with van der Waals surface area (Å²) in [4.78, 5) is 16.6. The molecule has 1 N–H and O–H groups in total. The number of anilines is 1. The Morgan fingerprint density at radius 1 is 1.05 bits per heavy atom. The molecule has 1 unspecified atom stereocenters. The summed E-state index contributed by atoms with van der Waals surface area (Å²) in [6, 6.07) is 8.61. The highest BCUT2D eigenvalue weighted by molar-refractivity contribution is 7.99. The number of hydrogen-bond donors (Lipinski definition) is 1. The Bertz CT molecular complexity index is 1450. The molecule has 1 atom stereocenters. The number of pyridine rings is 1. The van der Waals surface area contributed by atoms with Crippen LogP contribution >= 0.6 is 11.8 Å². The van der Waals surface area contributed by atoms with Crippen molar-refractivity contribution in [1.29, 1.82) is 0 Å². The summed E-state index contributed by atoms with van der Waals surface area (Å²) in [5, 5.41) is 8.91. The number of rotatable bonds is 12. The van der Waals surface area contributed by atoms with E-state index < -0.39 is 76.4 Å². The topological polar surface area (TPSA) is 99.4 Å². The molecule has 0 saturated heterocycles. The van der Waals surface area contributed by atoms with Gasteiger partial charge in [0.25, 0.3) is 11.8 Å². The predicted octanol–water partition coefficient (Wildman–Crippen LogP) is 8.72. The van der Waals surface area contributed by atoms with E-state index in [1.807, 2.05) is 0 Å². The summed E-state index contributed by atoms with van der Waals surface area (Å²) in [6.45, 7) is 11.0. The van der Waals surface area contributed by atoms with Gasteiger partial charge in [-0.05, 0) is 38.8 Å². The molecule has 238 valence electrons. The van der Waals surface area contributed by atoms with Crippen LogP contribution in [0.25, 0.3) is 11.6 Å². The van der Waals surface area contributed by atoms with Gasteiger partial charge in [-0.15, -0.1) is 35.1 Å². The maximum atomic E-state index is 14.7. The van der Waals surface area contributed by atoms with Crippen molar-refractivity contribution in [3.63, 3.8) is 0 Å². The van der Waals surface area contributed by atoms with E-state index in [9.17, 15) is 31.1 Å². The number of halogens is 6. The first-order valence-corrected chi connectivity index (χ1v) is 14.0. The molecule has 0 aliphatic heterocycles. The molecular formula is C29H30F6N4O4S. The number of carbonyl (C=O) groups excluding carboxylic acids is 1. The number of hydrogen-bond acceptors (Lipinski definition) is 8. The smallest absolute Gasteiger partial charge is 0.426 e. The Hall–Kier alpha value is -3.85. The van der Waals surface area contributed by atoms with E-state index in [1.54, 1.807) is 30.3 Å². The third-order valence-corrected chi connectivity index (χ3v) is 6.70. The first-order valence-electron chi connectivity index (χ1n) is 13.1. The van der Waals surface area contributed by atoms with Crippen molar-refractivity contribution in [2.45, 2.75) is 68.8 Å². The minimum absolute atomic E-state index is 0.150. The third kappa shape index (κ3) is 8.62. The highest BCUT2D eigenvalue weighted by Gasteiger charge is 2.60. The van der Waals surface area contributed by atoms with Gasteiger partial charge in [-0.3, -0.25) is 5.32 Å². The number of carbonyl (C=O) groups is 1. The van der Waals surface area contributed by atoms with Crippen molar-refractivity contribution in [2.75, 3.05) is 11.1 Å². The molecule has 3 aromatic rings. The van der Waals surface area contributed by atoms with Gasteiger partial charge in [0.1, 0.15) is 10.6 Å². The fourth-order valence-corrected chi connectivity index (χ4v) is 4.68. The van der Waals surface area contributed by atoms with E-state index in [0.717, 1.165) is 17.8 Å². The molecule has 0 fully saturated rings. The molecule has 0 radical (unpaired) electrons. The number of alkyl halides is 6. The highest BCUT2D eigenvalue weighted by atomic mass is 32.2. The zero-order chi connectivity index (χ0) is 32.8. The summed E-state index contributed by atoms with van der Waals surface area (Å²) in [5.74, 6) is -1.59. The summed E-state index contributed by atoms with van der Waals surface area (Å²) in [5.41, 5.74) is -6.08. The van der Waals surface area contributed by atoms with Crippen LogP contribution in [0.2, 0.25) is 0 Å². The van der Waals surface area contributed by atoms with E-state index in [1.165, 1.54) is 26.8 Å². The fourth-order valence-electron chi connectivity index (χ4n) is 3.71. The average molecular weight is 645 g/mol. The lowest BCUT2D eigenvalue weighted by atomic mass is 9.98. The molecule has 0 bridgehead atoms. The number of amides is 1. The maximum absolute atomic E-state index is 14.7. The lowest BCUT2D eigenvalue weighted by Gasteiger charge is -2.31. The first-order chi connectivity index (χ1) is 20.5. The minimum Gasteiger partial charge on any atom is -0.444 e. The van der Waals surface area contributed by atoms with Crippen molar-refractivity contribution < 1.29 is 45.0 Å². The normalized spacial score (nSPS) is 13.7. The van der Waals surface area contributed by atoms with Crippen LogP contribution in [0.1, 0.15) is 50.6 Å². The molecule has 0 saturated carbocycles. The number of allylic oxidation sites excluding steroid dienone is 1. The lowest BCUT2D eigenvalue weighted by Crippen LogP contribution is -2.45. The minimum atomic E-state index is -5.10. The lowest BCUT2D eigenvalue weighted by molar-refractivity contribution is -0.295. The molecule has 1 amide bonds. The largest absolute Gasteiger partial charge is 0.444 e. The third-order valence-electron chi connectivity index (χ3n) is 5.68. The van der Waals surface area contributed by atoms with Gasteiger partial charge in [0.15, 0.2) is 5.69 Å². The van der Waals surface area contributed by atoms with Gasteiger partial charge in [-0.1, -0.05) is 42.5 Å². The van der Waals surface area contributed by atoms with E-state index in [0.29, 0.717) is 18.1 Å². The Morgan fingerprint density at radius 3 is 2.30 bits per heavy atom. The van der Waals surface area contributed by atoms with E-state index in [2.05, 4.69) is 33.7 Å². The van der Waals surface area contributed by atoms with Crippen molar-refractivity contribution in [3.05, 3.63) is 78.7 Å². The molecule has 2 aromatic heterocycles. The SMILES string of the molecule is C=CCCSc1nc(-c2nnc(C(CC=C)(OCc3ccccc3)C(F)(F)F)o2)c(NC(=O)OC(C)(C)C)cc1C(F)(F)F. The zero-order valence-corrected chi connectivity index (χ0v) is 24.8. The molecule has 0 aliphatic rings. The second kappa shape index (κ2) is 13.8. The molecular weight excluding hydrogens is 614 g/mol. The van der Waals surface area contributed by atoms with E-state index in [-0.39, 0.29) is 5.75 Å². The van der Waals surface area contributed by atoms with Crippen molar-refractivity contribution in [1.82, 2.24) is 15.2 Å². The molecule has 0 aliphatic carbocycles. The van der Waals surface area contributed by atoms with Crippen LogP contribution < -0.4 is 5.32 Å². The zero-order valence-electron chi connectivity index (χ0n) is 24.0. The Balaban J connectivity index is 2.18. The second-order valence-electron chi connectivity index (χ2n) is 10.3. The fraction of sp³-hybridized carbons (Fsp3) is 0.379. The summed E-state index contributed by atoms with van der Waals surface area (Å²) in [7, 11) is 0. The van der Waals surface area contributed by atoms with E-state index in [4.69, 9.17) is 13.9 Å². The molecule has 8 nitrogen and oxygen atoms in total. The van der Waals surface area contributed by atoms with Crippen LogP contribution in [-0.4, -0.2) is 38.8 Å².